The molecule has 104 valence electrons. The molecule has 1 atom stereocenters. The summed E-state index contributed by atoms with van der Waals surface area (Å²) in [5.74, 6) is 0. The second kappa shape index (κ2) is 5.47. The smallest absolute Gasteiger partial charge is 0.178 e. The van der Waals surface area contributed by atoms with Crippen molar-refractivity contribution in [2.75, 3.05) is 0 Å². The van der Waals surface area contributed by atoms with E-state index in [1.807, 2.05) is 11.3 Å². The summed E-state index contributed by atoms with van der Waals surface area (Å²) in [5.41, 5.74) is 2.25. The van der Waals surface area contributed by atoms with Crippen LogP contribution in [0.5, 0.6) is 0 Å². The van der Waals surface area contributed by atoms with Gasteiger partial charge < -0.3 is 9.55 Å². The summed E-state index contributed by atoms with van der Waals surface area (Å²) in [6.07, 6.45) is 1.01. The fraction of sp³-hybridized carbons (Fsp3) is 0.267. The molecule has 0 spiro atoms. The lowest BCUT2D eigenvalue weighted by molar-refractivity contribution is 0.557. The van der Waals surface area contributed by atoms with Crippen molar-refractivity contribution in [3.05, 3.63) is 49.3 Å². The maximum Gasteiger partial charge on any atom is 0.178 e. The van der Waals surface area contributed by atoms with E-state index >= 15 is 0 Å². The second-order valence-electron chi connectivity index (χ2n) is 5.03. The van der Waals surface area contributed by atoms with Crippen molar-refractivity contribution in [2.24, 2.45) is 0 Å². The quantitative estimate of drug-likeness (QED) is 0.595. The molecule has 2 aromatic heterocycles. The molecule has 1 N–H and O–H groups in total. The highest BCUT2D eigenvalue weighted by Gasteiger charge is 2.13. The van der Waals surface area contributed by atoms with E-state index in [0.29, 0.717) is 6.04 Å². The largest absolute Gasteiger partial charge is 0.331 e. The number of halogens is 1. The van der Waals surface area contributed by atoms with E-state index < -0.39 is 0 Å². The third-order valence-electron chi connectivity index (χ3n) is 3.41. The minimum atomic E-state index is 0.343. The van der Waals surface area contributed by atoms with Crippen LogP contribution in [0.4, 0.5) is 0 Å². The number of nitrogens with one attached hydrogen (secondary N) is 1. The average Bonchev–Trinajstić information content (AvgIpc) is 2.91. The molecular weight excluding hydrogens is 352 g/mol. The van der Waals surface area contributed by atoms with Crippen molar-refractivity contribution >= 4 is 50.5 Å². The Morgan fingerprint density at radius 1 is 1.35 bits per heavy atom. The number of aryl methyl sites for hydroxylation is 1. The first kappa shape index (κ1) is 14.0. The van der Waals surface area contributed by atoms with Crippen molar-refractivity contribution in [1.29, 1.82) is 0 Å². The standard InChI is InChI=1S/C15H15BrN2S2/c1-9(7-12-5-3-10(2)20-12)18-14-6-4-11(16)8-13(14)17-15(18)19/h3-6,8-9H,7H2,1-2H3,(H,17,19). The van der Waals surface area contributed by atoms with Crippen molar-refractivity contribution in [3.63, 3.8) is 0 Å². The highest BCUT2D eigenvalue weighted by atomic mass is 79.9. The molecule has 3 aromatic rings. The first-order valence-corrected chi connectivity index (χ1v) is 8.51. The molecule has 0 aliphatic heterocycles. The van der Waals surface area contributed by atoms with Gasteiger partial charge in [-0.3, -0.25) is 0 Å². The minimum absolute atomic E-state index is 0.343. The van der Waals surface area contributed by atoms with Crippen LogP contribution in [-0.2, 0) is 6.42 Å². The molecule has 0 radical (unpaired) electrons. The van der Waals surface area contributed by atoms with Crippen LogP contribution in [0.15, 0.2) is 34.8 Å². The minimum Gasteiger partial charge on any atom is -0.331 e. The van der Waals surface area contributed by atoms with Gasteiger partial charge >= 0.3 is 0 Å². The summed E-state index contributed by atoms with van der Waals surface area (Å²) in [7, 11) is 0. The number of fused-ring (bicyclic) bond motifs is 1. The Labute approximate surface area is 135 Å². The first-order chi connectivity index (χ1) is 9.54. The fourth-order valence-electron chi connectivity index (χ4n) is 2.52. The van der Waals surface area contributed by atoms with Gasteiger partial charge in [0.05, 0.1) is 11.0 Å². The lowest BCUT2D eigenvalue weighted by Crippen LogP contribution is -2.07. The zero-order valence-corrected chi connectivity index (χ0v) is 14.5. The second-order valence-corrected chi connectivity index (χ2v) is 7.70. The third-order valence-corrected chi connectivity index (χ3v) is 5.23. The SMILES string of the molecule is Cc1ccc(CC(C)n2c(=S)[nH]c3cc(Br)ccc32)s1. The predicted molar refractivity (Wildman–Crippen MR) is 92.3 cm³/mol. The van der Waals surface area contributed by atoms with Gasteiger partial charge in [-0.15, -0.1) is 11.3 Å². The van der Waals surface area contributed by atoms with E-state index in [-0.39, 0.29) is 0 Å². The van der Waals surface area contributed by atoms with E-state index in [0.717, 1.165) is 21.2 Å². The number of aromatic nitrogens is 2. The Morgan fingerprint density at radius 3 is 2.85 bits per heavy atom. The molecule has 3 rings (SSSR count). The maximum absolute atomic E-state index is 5.49. The van der Waals surface area contributed by atoms with Crippen LogP contribution >= 0.6 is 39.5 Å². The number of H-pyrrole nitrogens is 1. The number of hydrogen-bond acceptors (Lipinski definition) is 2. The summed E-state index contributed by atoms with van der Waals surface area (Å²) >= 11 is 10.8. The van der Waals surface area contributed by atoms with Crippen molar-refractivity contribution in [1.82, 2.24) is 9.55 Å². The monoisotopic (exact) mass is 366 g/mol. The number of imidazole rings is 1. The lowest BCUT2D eigenvalue weighted by Gasteiger charge is -2.13. The molecule has 0 aliphatic carbocycles. The van der Waals surface area contributed by atoms with E-state index in [1.54, 1.807) is 0 Å². The molecule has 0 bridgehead atoms. The van der Waals surface area contributed by atoms with Gasteiger partial charge in [0.2, 0.25) is 0 Å². The van der Waals surface area contributed by atoms with Gasteiger partial charge in [-0.25, -0.2) is 0 Å². The summed E-state index contributed by atoms with van der Waals surface area (Å²) in [4.78, 5) is 6.06. The van der Waals surface area contributed by atoms with E-state index in [9.17, 15) is 0 Å². The van der Waals surface area contributed by atoms with Crippen LogP contribution in [-0.4, -0.2) is 9.55 Å². The van der Waals surface area contributed by atoms with Gasteiger partial charge in [-0.2, -0.15) is 0 Å². The summed E-state index contributed by atoms with van der Waals surface area (Å²) < 4.78 is 4.07. The molecule has 20 heavy (non-hydrogen) atoms. The Bertz CT molecular complexity index is 813. The van der Waals surface area contributed by atoms with Gasteiger partial charge in [-0.05, 0) is 56.4 Å². The molecule has 1 aromatic carbocycles. The number of hydrogen-bond donors (Lipinski definition) is 1. The Morgan fingerprint density at radius 2 is 2.15 bits per heavy atom. The highest BCUT2D eigenvalue weighted by Crippen LogP contribution is 2.26. The first-order valence-electron chi connectivity index (χ1n) is 6.49. The molecule has 1 unspecified atom stereocenters. The molecule has 0 aliphatic rings. The zero-order valence-electron chi connectivity index (χ0n) is 11.3. The normalized spacial score (nSPS) is 12.9. The number of thiophene rings is 1. The number of aromatic amines is 1. The lowest BCUT2D eigenvalue weighted by atomic mass is 10.2. The Hall–Kier alpha value is -0.910. The Balaban J connectivity index is 2.00. The molecule has 2 nitrogen and oxygen atoms in total. The topological polar surface area (TPSA) is 20.7 Å². The van der Waals surface area contributed by atoms with Crippen molar-refractivity contribution in [3.8, 4) is 0 Å². The molecule has 5 heteroatoms. The molecule has 0 saturated carbocycles. The fourth-order valence-corrected chi connectivity index (χ4v) is 4.28. The summed E-state index contributed by atoms with van der Waals surface area (Å²) in [6.45, 7) is 4.37. The van der Waals surface area contributed by atoms with Crippen LogP contribution in [0.1, 0.15) is 22.7 Å². The zero-order chi connectivity index (χ0) is 14.3. The number of rotatable bonds is 3. The van der Waals surface area contributed by atoms with Gasteiger partial charge in [0, 0.05) is 26.7 Å². The van der Waals surface area contributed by atoms with Crippen molar-refractivity contribution < 1.29 is 0 Å². The van der Waals surface area contributed by atoms with Crippen LogP contribution in [0.25, 0.3) is 11.0 Å². The van der Waals surface area contributed by atoms with Crippen LogP contribution in [0.3, 0.4) is 0 Å². The van der Waals surface area contributed by atoms with E-state index in [1.165, 1.54) is 15.3 Å². The van der Waals surface area contributed by atoms with Gasteiger partial charge in [0.25, 0.3) is 0 Å². The molecular formula is C15H15BrN2S2. The van der Waals surface area contributed by atoms with Crippen molar-refractivity contribution in [2.45, 2.75) is 26.3 Å². The van der Waals surface area contributed by atoms with E-state index in [2.05, 4.69) is 69.7 Å². The highest BCUT2D eigenvalue weighted by molar-refractivity contribution is 9.10. The van der Waals surface area contributed by atoms with Crippen LogP contribution in [0.2, 0.25) is 0 Å². The van der Waals surface area contributed by atoms with Crippen LogP contribution in [0, 0.1) is 11.7 Å². The predicted octanol–water partition coefficient (Wildman–Crippen LogP) is 5.64. The van der Waals surface area contributed by atoms with Crippen LogP contribution < -0.4 is 0 Å². The number of benzene rings is 1. The summed E-state index contributed by atoms with van der Waals surface area (Å²) in [6, 6.07) is 11.0. The van der Waals surface area contributed by atoms with Gasteiger partial charge in [0.15, 0.2) is 4.77 Å². The molecule has 2 heterocycles. The van der Waals surface area contributed by atoms with Gasteiger partial charge in [-0.1, -0.05) is 15.9 Å². The molecule has 0 amide bonds. The molecule has 0 saturated heterocycles. The summed E-state index contributed by atoms with van der Waals surface area (Å²) in [5, 5.41) is 0. The van der Waals surface area contributed by atoms with E-state index in [4.69, 9.17) is 12.2 Å². The van der Waals surface area contributed by atoms with Gasteiger partial charge in [0.1, 0.15) is 0 Å². The average molecular weight is 367 g/mol. The molecule has 0 fully saturated rings. The Kier molecular flexibility index (Phi) is 3.84. The third kappa shape index (κ3) is 2.62. The maximum atomic E-state index is 5.49. The number of nitrogens with zero attached hydrogens (tertiary/aromatic N) is 1.